The van der Waals surface area contributed by atoms with Crippen LogP contribution in [0.5, 0.6) is 0 Å². The molecule has 1 aromatic heterocycles. The third-order valence-corrected chi connectivity index (χ3v) is 4.17. The van der Waals surface area contributed by atoms with Crippen molar-refractivity contribution in [3.8, 4) is 6.07 Å². The molecule has 20 heavy (non-hydrogen) atoms. The van der Waals surface area contributed by atoms with Gasteiger partial charge in [0.2, 0.25) is 0 Å². The van der Waals surface area contributed by atoms with Gasteiger partial charge in [0.15, 0.2) is 0 Å². The lowest BCUT2D eigenvalue weighted by atomic mass is 10.1. The van der Waals surface area contributed by atoms with Crippen molar-refractivity contribution in [1.82, 2.24) is 4.98 Å². The topological polar surface area (TPSA) is 48.7 Å². The summed E-state index contributed by atoms with van der Waals surface area (Å²) in [5, 5.41) is 13.4. The second kappa shape index (κ2) is 5.32. The largest absolute Gasteiger partial charge is 0.378 e. The van der Waals surface area contributed by atoms with Gasteiger partial charge in [-0.2, -0.15) is 5.26 Å². The van der Waals surface area contributed by atoms with Gasteiger partial charge in [0.25, 0.3) is 0 Å². The van der Waals surface area contributed by atoms with E-state index in [1.54, 1.807) is 11.3 Å². The van der Waals surface area contributed by atoms with Gasteiger partial charge in [-0.1, -0.05) is 18.2 Å². The third kappa shape index (κ3) is 2.49. The predicted octanol–water partition coefficient (Wildman–Crippen LogP) is 4.09. The average molecular weight is 279 g/mol. The summed E-state index contributed by atoms with van der Waals surface area (Å²) in [6.45, 7) is 2.71. The molecular formula is C16H13N3S. The number of benzene rings is 2. The van der Waals surface area contributed by atoms with Crippen molar-refractivity contribution in [3.05, 3.63) is 58.6 Å². The van der Waals surface area contributed by atoms with E-state index in [0.717, 1.165) is 21.8 Å². The van der Waals surface area contributed by atoms with E-state index in [1.165, 1.54) is 4.70 Å². The summed E-state index contributed by atoms with van der Waals surface area (Å²) in [5.74, 6) is 0. The van der Waals surface area contributed by atoms with Crippen LogP contribution < -0.4 is 5.32 Å². The van der Waals surface area contributed by atoms with E-state index in [4.69, 9.17) is 5.26 Å². The standard InChI is InChI=1S/C16H13N3S/c1-11-6-7-12(9-17)8-14(11)18-10-16-19-13-4-2-3-5-15(13)20-16/h2-8,18H,10H2,1H3. The molecule has 0 aliphatic heterocycles. The van der Waals surface area contributed by atoms with Gasteiger partial charge in [0, 0.05) is 5.69 Å². The quantitative estimate of drug-likeness (QED) is 0.785. The summed E-state index contributed by atoms with van der Waals surface area (Å²) >= 11 is 1.69. The number of para-hydroxylation sites is 1. The first-order valence-electron chi connectivity index (χ1n) is 6.35. The number of nitriles is 1. The highest BCUT2D eigenvalue weighted by Gasteiger charge is 2.04. The van der Waals surface area contributed by atoms with Gasteiger partial charge in [-0.25, -0.2) is 4.98 Å². The second-order valence-electron chi connectivity index (χ2n) is 4.57. The first-order valence-corrected chi connectivity index (χ1v) is 7.17. The van der Waals surface area contributed by atoms with E-state index >= 15 is 0 Å². The molecule has 0 radical (unpaired) electrons. The fourth-order valence-corrected chi connectivity index (χ4v) is 2.96. The fraction of sp³-hybridized carbons (Fsp3) is 0.125. The van der Waals surface area contributed by atoms with Crippen molar-refractivity contribution in [2.24, 2.45) is 0 Å². The number of aromatic nitrogens is 1. The number of nitrogens with one attached hydrogen (secondary N) is 1. The molecule has 3 aromatic rings. The van der Waals surface area contributed by atoms with E-state index in [9.17, 15) is 0 Å². The summed E-state index contributed by atoms with van der Waals surface area (Å²) in [4.78, 5) is 4.59. The molecular weight excluding hydrogens is 266 g/mol. The summed E-state index contributed by atoms with van der Waals surface area (Å²) in [6.07, 6.45) is 0. The van der Waals surface area contributed by atoms with Crippen molar-refractivity contribution in [1.29, 1.82) is 5.26 Å². The Hall–Kier alpha value is -2.38. The maximum Gasteiger partial charge on any atom is 0.113 e. The van der Waals surface area contributed by atoms with Crippen LogP contribution in [-0.4, -0.2) is 4.98 Å². The normalized spacial score (nSPS) is 10.4. The highest BCUT2D eigenvalue weighted by Crippen LogP contribution is 2.23. The Labute approximate surface area is 121 Å². The second-order valence-corrected chi connectivity index (χ2v) is 5.69. The van der Waals surface area contributed by atoms with Crippen LogP contribution in [0.15, 0.2) is 42.5 Å². The molecule has 0 saturated carbocycles. The zero-order valence-electron chi connectivity index (χ0n) is 11.1. The Bertz CT molecular complexity index is 766. The van der Waals surface area contributed by atoms with E-state index in [1.807, 2.05) is 43.3 Å². The Morgan fingerprint density at radius 3 is 2.90 bits per heavy atom. The van der Waals surface area contributed by atoms with Gasteiger partial charge in [0.1, 0.15) is 5.01 Å². The Kier molecular flexibility index (Phi) is 3.36. The molecule has 1 N–H and O–H groups in total. The van der Waals surface area contributed by atoms with Gasteiger partial charge in [-0.05, 0) is 36.8 Å². The van der Waals surface area contributed by atoms with E-state index in [-0.39, 0.29) is 0 Å². The summed E-state index contributed by atoms with van der Waals surface area (Å²) in [6, 6.07) is 16.0. The molecule has 0 bridgehead atoms. The Balaban J connectivity index is 1.81. The van der Waals surface area contributed by atoms with Crippen molar-refractivity contribution < 1.29 is 0 Å². The third-order valence-electron chi connectivity index (χ3n) is 3.13. The zero-order valence-corrected chi connectivity index (χ0v) is 11.9. The lowest BCUT2D eigenvalue weighted by Gasteiger charge is -2.08. The number of hydrogen-bond acceptors (Lipinski definition) is 4. The number of anilines is 1. The smallest absolute Gasteiger partial charge is 0.113 e. The maximum absolute atomic E-state index is 8.95. The van der Waals surface area contributed by atoms with Crippen LogP contribution in [0, 0.1) is 18.3 Å². The minimum absolute atomic E-state index is 0.669. The van der Waals surface area contributed by atoms with Crippen molar-refractivity contribution >= 4 is 27.2 Å². The number of hydrogen-bond donors (Lipinski definition) is 1. The maximum atomic E-state index is 8.95. The highest BCUT2D eigenvalue weighted by molar-refractivity contribution is 7.18. The monoisotopic (exact) mass is 279 g/mol. The molecule has 0 spiro atoms. The van der Waals surface area contributed by atoms with Crippen LogP contribution in [0.3, 0.4) is 0 Å². The van der Waals surface area contributed by atoms with Crippen LogP contribution in [-0.2, 0) is 6.54 Å². The molecule has 3 nitrogen and oxygen atoms in total. The van der Waals surface area contributed by atoms with Gasteiger partial charge in [0.05, 0.1) is 28.4 Å². The summed E-state index contributed by atoms with van der Waals surface area (Å²) in [5.41, 5.74) is 3.83. The van der Waals surface area contributed by atoms with Crippen LogP contribution in [0.25, 0.3) is 10.2 Å². The van der Waals surface area contributed by atoms with Crippen molar-refractivity contribution in [3.63, 3.8) is 0 Å². The number of thiazole rings is 1. The lowest BCUT2D eigenvalue weighted by molar-refractivity contribution is 1.11. The van der Waals surface area contributed by atoms with Gasteiger partial charge < -0.3 is 5.32 Å². The fourth-order valence-electron chi connectivity index (χ4n) is 2.05. The molecule has 2 aromatic carbocycles. The molecule has 0 amide bonds. The van der Waals surface area contributed by atoms with E-state index < -0.39 is 0 Å². The molecule has 3 rings (SSSR count). The zero-order chi connectivity index (χ0) is 13.9. The average Bonchev–Trinajstić information content (AvgIpc) is 2.89. The Morgan fingerprint density at radius 2 is 2.10 bits per heavy atom. The lowest BCUT2D eigenvalue weighted by Crippen LogP contribution is -2.00. The number of rotatable bonds is 3. The minimum Gasteiger partial charge on any atom is -0.378 e. The Morgan fingerprint density at radius 1 is 1.25 bits per heavy atom. The number of fused-ring (bicyclic) bond motifs is 1. The summed E-state index contributed by atoms with van der Waals surface area (Å²) in [7, 11) is 0. The number of aryl methyl sites for hydroxylation is 1. The van der Waals surface area contributed by atoms with Crippen molar-refractivity contribution in [2.75, 3.05) is 5.32 Å². The molecule has 0 atom stereocenters. The molecule has 1 heterocycles. The molecule has 0 fully saturated rings. The molecule has 4 heteroatoms. The van der Waals surface area contributed by atoms with E-state index in [0.29, 0.717) is 12.1 Å². The summed E-state index contributed by atoms with van der Waals surface area (Å²) < 4.78 is 1.20. The highest BCUT2D eigenvalue weighted by atomic mass is 32.1. The van der Waals surface area contributed by atoms with E-state index in [2.05, 4.69) is 22.4 Å². The van der Waals surface area contributed by atoms with Crippen molar-refractivity contribution in [2.45, 2.75) is 13.5 Å². The molecule has 0 saturated heterocycles. The van der Waals surface area contributed by atoms with Gasteiger partial charge in [-0.15, -0.1) is 11.3 Å². The molecule has 98 valence electrons. The van der Waals surface area contributed by atoms with Crippen LogP contribution in [0.2, 0.25) is 0 Å². The number of nitrogens with zero attached hydrogens (tertiary/aromatic N) is 2. The van der Waals surface area contributed by atoms with Crippen LogP contribution in [0.4, 0.5) is 5.69 Å². The predicted molar refractivity (Wildman–Crippen MR) is 82.8 cm³/mol. The SMILES string of the molecule is Cc1ccc(C#N)cc1NCc1nc2ccccc2s1. The minimum atomic E-state index is 0.669. The molecule has 0 unspecified atom stereocenters. The van der Waals surface area contributed by atoms with Gasteiger partial charge >= 0.3 is 0 Å². The molecule has 0 aliphatic rings. The van der Waals surface area contributed by atoms with Crippen LogP contribution in [0.1, 0.15) is 16.1 Å². The van der Waals surface area contributed by atoms with Crippen LogP contribution >= 0.6 is 11.3 Å². The van der Waals surface area contributed by atoms with Gasteiger partial charge in [-0.3, -0.25) is 0 Å². The first kappa shape index (κ1) is 12.6. The first-order chi connectivity index (χ1) is 9.76. The molecule has 0 aliphatic carbocycles.